The van der Waals surface area contributed by atoms with Crippen LogP contribution in [0.1, 0.15) is 37.7 Å². The molecule has 136 valence electrons. The summed E-state index contributed by atoms with van der Waals surface area (Å²) >= 11 is 0. The summed E-state index contributed by atoms with van der Waals surface area (Å²) < 4.78 is 19.7. The maximum absolute atomic E-state index is 14.2. The number of halogens is 1. The number of pyridine rings is 1. The fourth-order valence-electron chi connectivity index (χ4n) is 4.41. The van der Waals surface area contributed by atoms with Crippen LogP contribution in [0.25, 0.3) is 0 Å². The lowest BCUT2D eigenvalue weighted by Gasteiger charge is -2.20. The van der Waals surface area contributed by atoms with E-state index in [0.717, 1.165) is 17.4 Å². The van der Waals surface area contributed by atoms with Crippen LogP contribution in [0.15, 0.2) is 42.7 Å². The topological polar surface area (TPSA) is 51.2 Å². The predicted molar refractivity (Wildman–Crippen MR) is 96.1 cm³/mol. The summed E-state index contributed by atoms with van der Waals surface area (Å²) in [5.41, 5.74) is 0.724. The zero-order valence-corrected chi connectivity index (χ0v) is 14.7. The van der Waals surface area contributed by atoms with Crippen molar-refractivity contribution >= 4 is 5.91 Å². The molecule has 2 saturated carbocycles. The molecule has 2 aliphatic carbocycles. The second kappa shape index (κ2) is 7.44. The van der Waals surface area contributed by atoms with Gasteiger partial charge in [0.25, 0.3) is 0 Å². The van der Waals surface area contributed by atoms with Crippen molar-refractivity contribution in [1.82, 2.24) is 10.3 Å². The first-order valence-electron chi connectivity index (χ1n) is 9.30. The fraction of sp³-hybridized carbons (Fsp3) is 0.429. The molecule has 5 heteroatoms. The van der Waals surface area contributed by atoms with Crippen molar-refractivity contribution < 1.29 is 13.9 Å². The van der Waals surface area contributed by atoms with E-state index >= 15 is 0 Å². The third-order valence-corrected chi connectivity index (χ3v) is 5.68. The van der Waals surface area contributed by atoms with E-state index in [0.29, 0.717) is 24.6 Å². The highest BCUT2D eigenvalue weighted by Gasteiger charge is 2.39. The van der Waals surface area contributed by atoms with Gasteiger partial charge in [0, 0.05) is 19.2 Å². The van der Waals surface area contributed by atoms with Gasteiger partial charge in [0.2, 0.25) is 5.91 Å². The predicted octanol–water partition coefficient (Wildman–Crippen LogP) is 4.46. The molecule has 3 unspecified atom stereocenters. The Bertz CT molecular complexity index is 781. The molecule has 2 aliphatic rings. The largest absolute Gasteiger partial charge is 0.453 e. The van der Waals surface area contributed by atoms with E-state index in [1.807, 2.05) is 0 Å². The second-order valence-corrected chi connectivity index (χ2v) is 7.47. The van der Waals surface area contributed by atoms with E-state index in [9.17, 15) is 9.18 Å². The van der Waals surface area contributed by atoms with Crippen LogP contribution in [0.2, 0.25) is 0 Å². The van der Waals surface area contributed by atoms with Crippen molar-refractivity contribution in [2.45, 2.75) is 38.6 Å². The zero-order chi connectivity index (χ0) is 17.9. The molecule has 4 nitrogen and oxygen atoms in total. The number of ether oxygens (including phenoxy) is 1. The standard InChI is InChI=1S/C21H23FN2O2/c22-19-10-15(4-6-20(19)26-18-2-1-7-23-13-18)12-24-21(25)11-17-9-14-3-5-16(17)8-14/h1-2,4,6-7,10,13-14,16-17H,3,5,8-9,11-12H2,(H,24,25). The van der Waals surface area contributed by atoms with E-state index in [-0.39, 0.29) is 11.7 Å². The van der Waals surface area contributed by atoms with E-state index in [1.54, 1.807) is 30.5 Å². The Morgan fingerprint density at radius 3 is 2.88 bits per heavy atom. The molecule has 1 aromatic heterocycles. The summed E-state index contributed by atoms with van der Waals surface area (Å²) in [6.07, 6.45) is 8.90. The Balaban J connectivity index is 1.29. The molecule has 2 fully saturated rings. The number of benzene rings is 1. The Hall–Kier alpha value is -2.43. The molecule has 4 rings (SSSR count). The van der Waals surface area contributed by atoms with Crippen LogP contribution in [0, 0.1) is 23.6 Å². The van der Waals surface area contributed by atoms with E-state index in [2.05, 4.69) is 10.3 Å². The molecule has 26 heavy (non-hydrogen) atoms. The fourth-order valence-corrected chi connectivity index (χ4v) is 4.41. The third-order valence-electron chi connectivity index (χ3n) is 5.68. The summed E-state index contributed by atoms with van der Waals surface area (Å²) in [4.78, 5) is 16.1. The minimum absolute atomic E-state index is 0.0682. The molecular weight excluding hydrogens is 331 g/mol. The number of amides is 1. The number of aromatic nitrogens is 1. The van der Waals surface area contributed by atoms with Crippen LogP contribution >= 0.6 is 0 Å². The van der Waals surface area contributed by atoms with E-state index in [4.69, 9.17) is 4.74 Å². The van der Waals surface area contributed by atoms with Crippen LogP contribution in [-0.4, -0.2) is 10.9 Å². The van der Waals surface area contributed by atoms with Gasteiger partial charge in [-0.2, -0.15) is 0 Å². The Kier molecular flexibility index (Phi) is 4.87. The summed E-state index contributed by atoms with van der Waals surface area (Å²) in [7, 11) is 0. The van der Waals surface area contributed by atoms with Gasteiger partial charge in [-0.3, -0.25) is 9.78 Å². The number of nitrogens with one attached hydrogen (secondary N) is 1. The van der Waals surface area contributed by atoms with Crippen LogP contribution < -0.4 is 10.1 Å². The smallest absolute Gasteiger partial charge is 0.220 e. The Morgan fingerprint density at radius 1 is 1.27 bits per heavy atom. The number of hydrogen-bond donors (Lipinski definition) is 1. The maximum Gasteiger partial charge on any atom is 0.220 e. The Labute approximate surface area is 152 Å². The van der Waals surface area contributed by atoms with Crippen LogP contribution in [0.3, 0.4) is 0 Å². The van der Waals surface area contributed by atoms with Crippen molar-refractivity contribution in [2.75, 3.05) is 0 Å². The first-order valence-corrected chi connectivity index (χ1v) is 9.30. The second-order valence-electron chi connectivity index (χ2n) is 7.47. The molecule has 0 spiro atoms. The minimum atomic E-state index is -0.450. The average molecular weight is 354 g/mol. The third kappa shape index (κ3) is 3.87. The molecule has 1 N–H and O–H groups in total. The highest BCUT2D eigenvalue weighted by atomic mass is 19.1. The van der Waals surface area contributed by atoms with Gasteiger partial charge >= 0.3 is 0 Å². The Morgan fingerprint density at radius 2 is 2.19 bits per heavy atom. The van der Waals surface area contributed by atoms with E-state index < -0.39 is 5.82 Å². The van der Waals surface area contributed by atoms with Gasteiger partial charge in [-0.15, -0.1) is 0 Å². The first-order chi connectivity index (χ1) is 12.7. The summed E-state index contributed by atoms with van der Waals surface area (Å²) in [6.45, 7) is 0.337. The van der Waals surface area contributed by atoms with Gasteiger partial charge < -0.3 is 10.1 Å². The van der Waals surface area contributed by atoms with E-state index in [1.165, 1.54) is 37.9 Å². The summed E-state index contributed by atoms with van der Waals surface area (Å²) in [5.74, 6) is 2.38. The quantitative estimate of drug-likeness (QED) is 0.833. The van der Waals surface area contributed by atoms with Crippen molar-refractivity contribution in [2.24, 2.45) is 17.8 Å². The number of fused-ring (bicyclic) bond motifs is 2. The van der Waals surface area contributed by atoms with Gasteiger partial charge in [0.15, 0.2) is 11.6 Å². The number of nitrogens with zero attached hydrogens (tertiary/aromatic N) is 1. The van der Waals surface area contributed by atoms with Crippen LogP contribution in [0.5, 0.6) is 11.5 Å². The van der Waals surface area contributed by atoms with Gasteiger partial charge in [-0.25, -0.2) is 4.39 Å². The van der Waals surface area contributed by atoms with Gasteiger partial charge in [0.05, 0.1) is 6.20 Å². The summed E-state index contributed by atoms with van der Waals surface area (Å²) in [5, 5.41) is 2.93. The molecule has 1 amide bonds. The molecule has 3 atom stereocenters. The van der Waals surface area contributed by atoms with Crippen LogP contribution in [0.4, 0.5) is 4.39 Å². The number of carbonyl (C=O) groups is 1. The van der Waals surface area contributed by atoms with Gasteiger partial charge in [-0.1, -0.05) is 12.5 Å². The highest BCUT2D eigenvalue weighted by molar-refractivity contribution is 5.76. The first kappa shape index (κ1) is 17.0. The molecule has 1 heterocycles. The van der Waals surface area contributed by atoms with Gasteiger partial charge in [0.1, 0.15) is 5.75 Å². The average Bonchev–Trinajstić information content (AvgIpc) is 3.26. The van der Waals surface area contributed by atoms with Crippen molar-refractivity contribution in [1.29, 1.82) is 0 Å². The SMILES string of the molecule is O=C(CC1CC2CCC1C2)NCc1ccc(Oc2cccnc2)c(F)c1. The molecule has 2 bridgehead atoms. The molecular formula is C21H23FN2O2. The van der Waals surface area contributed by atoms with Crippen LogP contribution in [-0.2, 0) is 11.3 Å². The zero-order valence-electron chi connectivity index (χ0n) is 14.7. The van der Waals surface area contributed by atoms with Crippen molar-refractivity contribution in [3.8, 4) is 11.5 Å². The van der Waals surface area contributed by atoms with Crippen molar-refractivity contribution in [3.63, 3.8) is 0 Å². The molecule has 2 aromatic rings. The lowest BCUT2D eigenvalue weighted by atomic mass is 9.86. The monoisotopic (exact) mass is 354 g/mol. The minimum Gasteiger partial charge on any atom is -0.453 e. The lowest BCUT2D eigenvalue weighted by Crippen LogP contribution is -2.26. The normalized spacial score (nSPS) is 23.8. The summed E-state index contributed by atoms with van der Waals surface area (Å²) in [6, 6.07) is 8.21. The van der Waals surface area contributed by atoms with Gasteiger partial charge in [-0.05, 0) is 66.8 Å². The molecule has 0 aliphatic heterocycles. The molecule has 1 aromatic carbocycles. The number of rotatable bonds is 6. The number of carbonyl (C=O) groups excluding carboxylic acids is 1. The highest BCUT2D eigenvalue weighted by Crippen LogP contribution is 2.49. The molecule has 0 radical (unpaired) electrons. The maximum atomic E-state index is 14.2. The lowest BCUT2D eigenvalue weighted by molar-refractivity contribution is -0.122. The van der Waals surface area contributed by atoms with Crippen molar-refractivity contribution in [3.05, 3.63) is 54.1 Å². The number of hydrogen-bond acceptors (Lipinski definition) is 3. The molecule has 0 saturated heterocycles.